The molecule has 0 fully saturated rings. The van der Waals surface area contributed by atoms with Gasteiger partial charge in [-0.1, -0.05) is 17.7 Å². The molecule has 14 heavy (non-hydrogen) atoms. The van der Waals surface area contributed by atoms with Crippen molar-refractivity contribution < 1.29 is 8.78 Å². The first-order valence-electron chi connectivity index (χ1n) is 4.28. The van der Waals surface area contributed by atoms with Crippen LogP contribution in [0.25, 0.3) is 0 Å². The van der Waals surface area contributed by atoms with E-state index >= 15 is 0 Å². The Bertz CT molecular complexity index is 306. The number of benzene rings is 1. The summed E-state index contributed by atoms with van der Waals surface area (Å²) in [5.74, 6) is -0.491. The Kier molecular flexibility index (Phi) is 3.45. The molecule has 0 aliphatic rings. The quantitative estimate of drug-likeness (QED) is 0.831. The number of nitrogens with two attached hydrogens (primary N) is 1. The first-order chi connectivity index (χ1) is 6.46. The lowest BCUT2D eigenvalue weighted by Gasteiger charge is -2.18. The van der Waals surface area contributed by atoms with E-state index in [1.807, 2.05) is 0 Å². The molecule has 0 aliphatic heterocycles. The average Bonchev–Trinajstić information content (AvgIpc) is 2.12. The molecule has 0 aromatic heterocycles. The van der Waals surface area contributed by atoms with Crippen LogP contribution in [0.3, 0.4) is 0 Å². The van der Waals surface area contributed by atoms with Gasteiger partial charge >= 0.3 is 0 Å². The van der Waals surface area contributed by atoms with E-state index in [9.17, 15) is 8.78 Å². The van der Waals surface area contributed by atoms with Crippen LogP contribution in [0.1, 0.15) is 12.5 Å². The summed E-state index contributed by atoms with van der Waals surface area (Å²) in [6.45, 7) is 1.17. The van der Waals surface area contributed by atoms with Crippen LogP contribution < -0.4 is 5.73 Å². The highest BCUT2D eigenvalue weighted by Gasteiger charge is 2.24. The SMILES string of the molecule is CC(F)(CN)Cc1c(F)cccc1Cl. The molecule has 0 aliphatic carbocycles. The molecule has 0 amide bonds. The summed E-state index contributed by atoms with van der Waals surface area (Å²) in [6.07, 6.45) is -0.102. The van der Waals surface area contributed by atoms with Crippen LogP contribution in [0.15, 0.2) is 18.2 Å². The average molecular weight is 220 g/mol. The maximum atomic E-state index is 13.5. The van der Waals surface area contributed by atoms with Crippen LogP contribution in [0, 0.1) is 5.82 Å². The zero-order chi connectivity index (χ0) is 10.8. The summed E-state index contributed by atoms with van der Waals surface area (Å²) >= 11 is 5.75. The summed E-state index contributed by atoms with van der Waals surface area (Å²) in [5, 5.41) is 0.238. The van der Waals surface area contributed by atoms with Crippen LogP contribution in [0.5, 0.6) is 0 Å². The van der Waals surface area contributed by atoms with E-state index in [2.05, 4.69) is 0 Å². The molecule has 0 saturated heterocycles. The fourth-order valence-electron chi connectivity index (χ4n) is 1.14. The van der Waals surface area contributed by atoms with Crippen molar-refractivity contribution in [2.75, 3.05) is 6.54 Å². The Morgan fingerprint density at radius 2 is 2.14 bits per heavy atom. The predicted octanol–water partition coefficient (Wildman–Crippen LogP) is 2.71. The Balaban J connectivity index is 2.97. The smallest absolute Gasteiger partial charge is 0.128 e. The van der Waals surface area contributed by atoms with E-state index in [4.69, 9.17) is 17.3 Å². The minimum atomic E-state index is -1.62. The van der Waals surface area contributed by atoms with Gasteiger partial charge in [-0.2, -0.15) is 0 Å². The van der Waals surface area contributed by atoms with Crippen molar-refractivity contribution in [1.29, 1.82) is 0 Å². The molecular weight excluding hydrogens is 208 g/mol. The molecule has 1 unspecified atom stereocenters. The molecule has 4 heteroatoms. The second kappa shape index (κ2) is 4.24. The second-order valence-corrected chi connectivity index (χ2v) is 3.90. The summed E-state index contributed by atoms with van der Waals surface area (Å²) in [7, 11) is 0. The van der Waals surface area contributed by atoms with E-state index in [0.29, 0.717) is 0 Å². The highest BCUT2D eigenvalue weighted by atomic mass is 35.5. The van der Waals surface area contributed by atoms with Crippen molar-refractivity contribution in [3.8, 4) is 0 Å². The first kappa shape index (κ1) is 11.4. The van der Waals surface area contributed by atoms with Crippen molar-refractivity contribution in [3.05, 3.63) is 34.6 Å². The molecule has 1 nitrogen and oxygen atoms in total. The van der Waals surface area contributed by atoms with Gasteiger partial charge in [0.1, 0.15) is 11.5 Å². The lowest BCUT2D eigenvalue weighted by atomic mass is 9.98. The Morgan fingerprint density at radius 1 is 1.50 bits per heavy atom. The zero-order valence-electron chi connectivity index (χ0n) is 7.86. The van der Waals surface area contributed by atoms with Gasteiger partial charge in [0.25, 0.3) is 0 Å². The van der Waals surface area contributed by atoms with Crippen molar-refractivity contribution in [1.82, 2.24) is 0 Å². The van der Waals surface area contributed by atoms with E-state index in [0.717, 1.165) is 0 Å². The molecule has 0 heterocycles. The molecule has 1 aromatic rings. The molecule has 2 N–H and O–H groups in total. The zero-order valence-corrected chi connectivity index (χ0v) is 8.61. The van der Waals surface area contributed by atoms with E-state index in [-0.39, 0.29) is 23.6 Å². The second-order valence-electron chi connectivity index (χ2n) is 3.49. The van der Waals surface area contributed by atoms with Gasteiger partial charge in [0.2, 0.25) is 0 Å². The standard InChI is InChI=1S/C10H12ClF2N/c1-10(13,6-14)5-7-8(11)3-2-4-9(7)12/h2-4H,5-6,14H2,1H3. The van der Waals surface area contributed by atoms with Gasteiger partial charge < -0.3 is 5.73 Å². The molecule has 0 saturated carbocycles. The van der Waals surface area contributed by atoms with Gasteiger partial charge in [-0.15, -0.1) is 0 Å². The van der Waals surface area contributed by atoms with E-state index < -0.39 is 11.5 Å². The van der Waals surface area contributed by atoms with Crippen molar-refractivity contribution in [3.63, 3.8) is 0 Å². The highest BCUT2D eigenvalue weighted by molar-refractivity contribution is 6.31. The fraction of sp³-hybridized carbons (Fsp3) is 0.400. The normalized spacial score (nSPS) is 15.2. The Labute approximate surface area is 86.9 Å². The monoisotopic (exact) mass is 219 g/mol. The molecule has 1 rings (SSSR count). The van der Waals surface area contributed by atoms with Crippen molar-refractivity contribution >= 4 is 11.6 Å². The molecule has 1 atom stereocenters. The third-order valence-electron chi connectivity index (χ3n) is 2.03. The Hall–Kier alpha value is -0.670. The van der Waals surface area contributed by atoms with E-state index in [1.165, 1.54) is 25.1 Å². The number of hydrogen-bond acceptors (Lipinski definition) is 1. The van der Waals surface area contributed by atoms with Crippen molar-refractivity contribution in [2.45, 2.75) is 19.0 Å². The number of halogens is 3. The third kappa shape index (κ3) is 2.66. The summed E-state index contributed by atoms with van der Waals surface area (Å²) in [4.78, 5) is 0. The lowest BCUT2D eigenvalue weighted by Crippen LogP contribution is -2.32. The van der Waals surface area contributed by atoms with Gasteiger partial charge in [0, 0.05) is 23.6 Å². The Morgan fingerprint density at radius 3 is 2.64 bits per heavy atom. The van der Waals surface area contributed by atoms with Crippen LogP contribution in [0.4, 0.5) is 8.78 Å². The molecule has 78 valence electrons. The summed E-state index contributed by atoms with van der Waals surface area (Å²) in [6, 6.07) is 4.28. The van der Waals surface area contributed by atoms with E-state index in [1.54, 1.807) is 0 Å². The molecule has 1 aromatic carbocycles. The van der Waals surface area contributed by atoms with Gasteiger partial charge in [-0.05, 0) is 19.1 Å². The minimum Gasteiger partial charge on any atom is -0.328 e. The number of hydrogen-bond donors (Lipinski definition) is 1. The predicted molar refractivity (Wildman–Crippen MR) is 53.7 cm³/mol. The van der Waals surface area contributed by atoms with Crippen LogP contribution in [-0.4, -0.2) is 12.2 Å². The summed E-state index contributed by atoms with van der Waals surface area (Å²) < 4.78 is 26.7. The first-order valence-corrected chi connectivity index (χ1v) is 4.66. The third-order valence-corrected chi connectivity index (χ3v) is 2.39. The molecule has 0 radical (unpaired) electrons. The number of alkyl halides is 1. The largest absolute Gasteiger partial charge is 0.328 e. The lowest BCUT2D eigenvalue weighted by molar-refractivity contribution is 0.198. The van der Waals surface area contributed by atoms with Crippen LogP contribution in [0.2, 0.25) is 5.02 Å². The fourth-order valence-corrected chi connectivity index (χ4v) is 1.37. The van der Waals surface area contributed by atoms with Crippen LogP contribution in [-0.2, 0) is 6.42 Å². The summed E-state index contributed by atoms with van der Waals surface area (Å²) in [5.41, 5.74) is 3.78. The highest BCUT2D eigenvalue weighted by Crippen LogP contribution is 2.25. The van der Waals surface area contributed by atoms with Crippen molar-refractivity contribution in [2.24, 2.45) is 5.73 Å². The minimum absolute atomic E-state index is 0.102. The van der Waals surface area contributed by atoms with Gasteiger partial charge in [-0.25, -0.2) is 8.78 Å². The molecule has 0 spiro atoms. The topological polar surface area (TPSA) is 26.0 Å². The van der Waals surface area contributed by atoms with Crippen LogP contribution >= 0.6 is 11.6 Å². The number of rotatable bonds is 3. The maximum absolute atomic E-state index is 13.5. The van der Waals surface area contributed by atoms with Gasteiger partial charge in [0.05, 0.1) is 0 Å². The van der Waals surface area contributed by atoms with Gasteiger partial charge in [0.15, 0.2) is 0 Å². The van der Waals surface area contributed by atoms with Gasteiger partial charge in [-0.3, -0.25) is 0 Å². The molecular formula is C10H12ClF2N. The molecule has 0 bridgehead atoms. The maximum Gasteiger partial charge on any atom is 0.128 e.